The van der Waals surface area contributed by atoms with Crippen LogP contribution in [0, 0.1) is 5.92 Å². The Balaban J connectivity index is 2.10. The summed E-state index contributed by atoms with van der Waals surface area (Å²) >= 11 is 0. The number of aromatic amines is 1. The van der Waals surface area contributed by atoms with E-state index in [1.807, 2.05) is 6.92 Å². The predicted octanol–water partition coefficient (Wildman–Crippen LogP) is 1.62. The third kappa shape index (κ3) is 4.03. The highest BCUT2D eigenvalue weighted by atomic mass is 16.5. The number of carbonyl (C=O) groups excluding carboxylic acids is 1. The van der Waals surface area contributed by atoms with E-state index in [-0.39, 0.29) is 23.7 Å². The van der Waals surface area contributed by atoms with Crippen molar-refractivity contribution in [1.82, 2.24) is 20.0 Å². The van der Waals surface area contributed by atoms with Crippen LogP contribution in [0.3, 0.4) is 0 Å². The van der Waals surface area contributed by atoms with Gasteiger partial charge >= 0.3 is 0 Å². The van der Waals surface area contributed by atoms with Crippen LogP contribution in [0.4, 0.5) is 0 Å². The van der Waals surface area contributed by atoms with E-state index in [1.54, 1.807) is 17.0 Å². The van der Waals surface area contributed by atoms with E-state index in [0.717, 1.165) is 0 Å². The van der Waals surface area contributed by atoms with Gasteiger partial charge in [-0.05, 0) is 18.9 Å². The van der Waals surface area contributed by atoms with E-state index in [2.05, 4.69) is 29.0 Å². The summed E-state index contributed by atoms with van der Waals surface area (Å²) < 4.78 is 5.17. The highest BCUT2D eigenvalue weighted by Gasteiger charge is 2.18. The zero-order valence-electron chi connectivity index (χ0n) is 13.0. The molecule has 0 atom stereocenters. The number of H-pyrrole nitrogens is 1. The molecule has 0 fully saturated rings. The fourth-order valence-electron chi connectivity index (χ4n) is 2.03. The molecule has 0 aliphatic carbocycles. The maximum Gasteiger partial charge on any atom is 0.270 e. The topological polar surface area (TPSA) is 92.1 Å². The van der Waals surface area contributed by atoms with Gasteiger partial charge in [-0.2, -0.15) is 4.98 Å². The third-order valence-electron chi connectivity index (χ3n) is 3.09. The van der Waals surface area contributed by atoms with Crippen molar-refractivity contribution in [1.29, 1.82) is 0 Å². The van der Waals surface area contributed by atoms with Crippen molar-refractivity contribution in [3.63, 3.8) is 0 Å². The van der Waals surface area contributed by atoms with Gasteiger partial charge in [-0.3, -0.25) is 9.59 Å². The van der Waals surface area contributed by atoms with Gasteiger partial charge in [0.05, 0.1) is 6.54 Å². The monoisotopic (exact) mass is 304 g/mol. The fraction of sp³-hybridized carbons (Fsp3) is 0.467. The van der Waals surface area contributed by atoms with Crippen LogP contribution in [0.15, 0.2) is 27.5 Å². The number of rotatable bonds is 6. The SMILES string of the molecule is CCN(Cc1noc(CC(C)C)n1)C(=O)c1cccc(=O)[nH]1. The normalized spacial score (nSPS) is 10.9. The molecule has 1 amide bonds. The highest BCUT2D eigenvalue weighted by Crippen LogP contribution is 2.09. The summed E-state index contributed by atoms with van der Waals surface area (Å²) in [6.07, 6.45) is 0.707. The molecule has 2 rings (SSSR count). The number of hydrogen-bond donors (Lipinski definition) is 1. The second-order valence-corrected chi connectivity index (χ2v) is 5.45. The van der Waals surface area contributed by atoms with E-state index in [9.17, 15) is 9.59 Å². The first kappa shape index (κ1) is 15.9. The van der Waals surface area contributed by atoms with Crippen molar-refractivity contribution in [3.05, 3.63) is 46.0 Å². The van der Waals surface area contributed by atoms with Gasteiger partial charge in [-0.15, -0.1) is 0 Å². The standard InChI is InChI=1S/C15H20N4O3/c1-4-19(15(21)11-6-5-7-13(20)16-11)9-12-17-14(22-18-12)8-10(2)3/h5-7,10H,4,8-9H2,1-3H3,(H,16,20). The summed E-state index contributed by atoms with van der Waals surface area (Å²) in [5.74, 6) is 1.19. The second-order valence-electron chi connectivity index (χ2n) is 5.45. The summed E-state index contributed by atoms with van der Waals surface area (Å²) in [4.78, 5) is 32.1. The number of hydrogen-bond acceptors (Lipinski definition) is 5. The molecule has 0 saturated carbocycles. The molecule has 7 nitrogen and oxygen atoms in total. The van der Waals surface area contributed by atoms with Gasteiger partial charge < -0.3 is 14.4 Å². The van der Waals surface area contributed by atoms with Gasteiger partial charge in [0, 0.05) is 19.0 Å². The van der Waals surface area contributed by atoms with Crippen LogP contribution in [0.5, 0.6) is 0 Å². The molecule has 0 aliphatic rings. The zero-order chi connectivity index (χ0) is 16.1. The Morgan fingerprint density at radius 2 is 2.18 bits per heavy atom. The molecule has 22 heavy (non-hydrogen) atoms. The minimum absolute atomic E-state index is 0.244. The van der Waals surface area contributed by atoms with Gasteiger partial charge in [-0.25, -0.2) is 0 Å². The molecule has 0 radical (unpaired) electrons. The molecule has 2 aromatic rings. The van der Waals surface area contributed by atoms with Gasteiger partial charge in [0.2, 0.25) is 11.4 Å². The Kier molecular flexibility index (Phi) is 5.08. The molecule has 0 aromatic carbocycles. The highest BCUT2D eigenvalue weighted by molar-refractivity contribution is 5.92. The molecule has 2 heterocycles. The first-order chi connectivity index (χ1) is 10.5. The van der Waals surface area contributed by atoms with E-state index < -0.39 is 0 Å². The minimum Gasteiger partial charge on any atom is -0.339 e. The van der Waals surface area contributed by atoms with E-state index in [0.29, 0.717) is 30.6 Å². The van der Waals surface area contributed by atoms with Gasteiger partial charge in [-0.1, -0.05) is 25.1 Å². The molecule has 1 N–H and O–H groups in total. The lowest BCUT2D eigenvalue weighted by molar-refractivity contribution is 0.0741. The minimum atomic E-state index is -0.305. The second kappa shape index (κ2) is 7.02. The average molecular weight is 304 g/mol. The lowest BCUT2D eigenvalue weighted by atomic mass is 10.1. The maximum absolute atomic E-state index is 12.4. The van der Waals surface area contributed by atoms with Crippen molar-refractivity contribution in [2.75, 3.05) is 6.54 Å². The first-order valence-corrected chi connectivity index (χ1v) is 7.29. The van der Waals surface area contributed by atoms with Crippen LogP contribution >= 0.6 is 0 Å². The molecule has 7 heteroatoms. The molecule has 118 valence electrons. The van der Waals surface area contributed by atoms with Crippen LogP contribution in [-0.2, 0) is 13.0 Å². The van der Waals surface area contributed by atoms with Crippen molar-refractivity contribution < 1.29 is 9.32 Å². The Morgan fingerprint density at radius 3 is 2.82 bits per heavy atom. The number of nitrogens with zero attached hydrogens (tertiary/aromatic N) is 3. The Hall–Kier alpha value is -2.44. The summed E-state index contributed by atoms with van der Waals surface area (Å²) in [7, 11) is 0. The molecule has 2 aromatic heterocycles. The molecular formula is C15H20N4O3. The number of amides is 1. The van der Waals surface area contributed by atoms with Crippen molar-refractivity contribution in [2.45, 2.75) is 33.7 Å². The Labute approximate surface area is 128 Å². The largest absolute Gasteiger partial charge is 0.339 e. The first-order valence-electron chi connectivity index (χ1n) is 7.29. The van der Waals surface area contributed by atoms with Crippen molar-refractivity contribution in [3.8, 4) is 0 Å². The van der Waals surface area contributed by atoms with Crippen molar-refractivity contribution in [2.24, 2.45) is 5.92 Å². The maximum atomic E-state index is 12.4. The molecule has 0 spiro atoms. The summed E-state index contributed by atoms with van der Waals surface area (Å²) in [6.45, 7) is 6.71. The van der Waals surface area contributed by atoms with E-state index in [4.69, 9.17) is 4.52 Å². The van der Waals surface area contributed by atoms with Crippen LogP contribution in [-0.4, -0.2) is 32.5 Å². The average Bonchev–Trinajstić information content (AvgIpc) is 2.90. The lowest BCUT2D eigenvalue weighted by Gasteiger charge is -2.18. The summed E-state index contributed by atoms with van der Waals surface area (Å²) in [6, 6.07) is 4.49. The van der Waals surface area contributed by atoms with Crippen molar-refractivity contribution >= 4 is 5.91 Å². The zero-order valence-corrected chi connectivity index (χ0v) is 13.0. The Bertz CT molecular complexity index is 690. The molecule has 0 saturated heterocycles. The molecule has 0 unspecified atom stereocenters. The number of nitrogens with one attached hydrogen (secondary N) is 1. The van der Waals surface area contributed by atoms with Gasteiger partial charge in [0.15, 0.2) is 5.82 Å². The number of carbonyl (C=O) groups is 1. The van der Waals surface area contributed by atoms with Crippen LogP contribution in [0.25, 0.3) is 0 Å². The smallest absolute Gasteiger partial charge is 0.270 e. The molecule has 0 bridgehead atoms. The van der Waals surface area contributed by atoms with E-state index >= 15 is 0 Å². The van der Waals surface area contributed by atoms with Crippen LogP contribution in [0.1, 0.15) is 43.0 Å². The summed E-state index contributed by atoms with van der Waals surface area (Å²) in [5.41, 5.74) is -0.0547. The predicted molar refractivity (Wildman–Crippen MR) is 80.3 cm³/mol. The third-order valence-corrected chi connectivity index (χ3v) is 3.09. The van der Waals surface area contributed by atoms with Crippen LogP contribution in [0.2, 0.25) is 0 Å². The van der Waals surface area contributed by atoms with Gasteiger partial charge in [0.25, 0.3) is 5.91 Å². The van der Waals surface area contributed by atoms with Crippen LogP contribution < -0.4 is 5.56 Å². The Morgan fingerprint density at radius 1 is 1.41 bits per heavy atom. The van der Waals surface area contributed by atoms with E-state index in [1.165, 1.54) is 6.07 Å². The molecular weight excluding hydrogens is 284 g/mol. The fourth-order valence-corrected chi connectivity index (χ4v) is 2.03. The van der Waals surface area contributed by atoms with Gasteiger partial charge in [0.1, 0.15) is 5.69 Å². The number of aromatic nitrogens is 3. The molecule has 0 aliphatic heterocycles. The lowest BCUT2D eigenvalue weighted by Crippen LogP contribution is -2.32. The quantitative estimate of drug-likeness (QED) is 0.875. The summed E-state index contributed by atoms with van der Waals surface area (Å²) in [5, 5.41) is 3.90. The number of pyridine rings is 1.